The number of rotatable bonds is 6. The summed E-state index contributed by atoms with van der Waals surface area (Å²) in [6.07, 6.45) is -2.48. The van der Waals surface area contributed by atoms with Crippen molar-refractivity contribution in [1.82, 2.24) is 4.90 Å². The highest BCUT2D eigenvalue weighted by Crippen LogP contribution is 2.26. The molecule has 0 spiro atoms. The molecule has 1 amide bonds. The van der Waals surface area contributed by atoms with Crippen LogP contribution in [0.3, 0.4) is 0 Å². The Hall–Kier alpha value is -1.89. The van der Waals surface area contributed by atoms with Gasteiger partial charge in [0.05, 0.1) is 25.4 Å². The van der Waals surface area contributed by atoms with E-state index in [1.54, 1.807) is 25.1 Å². The van der Waals surface area contributed by atoms with Gasteiger partial charge in [0.15, 0.2) is 0 Å². The van der Waals surface area contributed by atoms with Gasteiger partial charge in [-0.15, -0.1) is 0 Å². The monoisotopic (exact) mass is 287 g/mol. The van der Waals surface area contributed by atoms with Crippen LogP contribution in [-0.4, -0.2) is 44.0 Å². The molecule has 0 aliphatic rings. The minimum Gasteiger partial charge on any atom is -0.494 e. The molecule has 112 valence electrons. The van der Waals surface area contributed by atoms with Gasteiger partial charge in [0.1, 0.15) is 5.75 Å². The van der Waals surface area contributed by atoms with Crippen molar-refractivity contribution in [1.29, 1.82) is 0 Å². The van der Waals surface area contributed by atoms with Gasteiger partial charge in [-0.1, -0.05) is 0 Å². The number of hydrogen-bond acceptors (Lipinski definition) is 4. The van der Waals surface area contributed by atoms with Crippen LogP contribution >= 0.6 is 0 Å². The summed E-state index contributed by atoms with van der Waals surface area (Å²) in [7, 11) is 2.92. The van der Waals surface area contributed by atoms with Gasteiger partial charge < -0.3 is 15.8 Å². The van der Waals surface area contributed by atoms with Crippen molar-refractivity contribution in [2.45, 2.75) is 19.4 Å². The molecule has 0 fully saturated rings. The van der Waals surface area contributed by atoms with Crippen LogP contribution in [0.25, 0.3) is 0 Å². The number of likely N-dealkylation sites (N-methyl/N-ethyl adjacent to an activating group) is 1. The molecule has 0 aromatic heterocycles. The first kappa shape index (κ1) is 16.2. The van der Waals surface area contributed by atoms with Crippen LogP contribution < -0.4 is 15.8 Å². The largest absolute Gasteiger partial charge is 0.494 e. The van der Waals surface area contributed by atoms with Gasteiger partial charge in [-0.2, -0.15) is 0 Å². The normalized spacial score (nSPS) is 12.6. The van der Waals surface area contributed by atoms with E-state index in [0.29, 0.717) is 17.1 Å². The number of benzene rings is 1. The van der Waals surface area contributed by atoms with Gasteiger partial charge in [-0.25, -0.2) is 8.78 Å². The Morgan fingerprint density at radius 1 is 1.50 bits per heavy atom. The number of nitrogens with two attached hydrogens (primary N) is 1. The van der Waals surface area contributed by atoms with Gasteiger partial charge in [-0.05, 0) is 26.1 Å². The Morgan fingerprint density at radius 2 is 2.15 bits per heavy atom. The summed E-state index contributed by atoms with van der Waals surface area (Å²) in [4.78, 5) is 13.3. The lowest BCUT2D eigenvalue weighted by molar-refractivity contribution is -0.120. The zero-order chi connectivity index (χ0) is 15.3. The SMILES string of the molecule is COc1cc(N)ccc1NC(=O)C(C)N(C)CC(F)F. The minimum absolute atomic E-state index is 0.392. The molecule has 1 aromatic rings. The van der Waals surface area contributed by atoms with E-state index in [4.69, 9.17) is 10.5 Å². The lowest BCUT2D eigenvalue weighted by atomic mass is 10.2. The average Bonchev–Trinajstić information content (AvgIpc) is 2.38. The molecular formula is C13H19F2N3O2. The molecule has 5 nitrogen and oxygen atoms in total. The van der Waals surface area contributed by atoms with Crippen molar-refractivity contribution < 1.29 is 18.3 Å². The number of ether oxygens (including phenoxy) is 1. The van der Waals surface area contributed by atoms with E-state index in [2.05, 4.69) is 5.32 Å². The third-order valence-corrected chi connectivity index (χ3v) is 2.95. The first-order valence-electron chi connectivity index (χ1n) is 6.08. The van der Waals surface area contributed by atoms with Crippen molar-refractivity contribution in [3.63, 3.8) is 0 Å². The summed E-state index contributed by atoms with van der Waals surface area (Å²) < 4.78 is 29.7. The molecule has 1 rings (SSSR count). The summed E-state index contributed by atoms with van der Waals surface area (Å²) in [6.45, 7) is 1.09. The van der Waals surface area contributed by atoms with Crippen molar-refractivity contribution in [3.8, 4) is 5.75 Å². The molecule has 0 saturated heterocycles. The Balaban J connectivity index is 2.75. The predicted octanol–water partition coefficient (Wildman–Crippen LogP) is 1.80. The minimum atomic E-state index is -2.48. The highest BCUT2D eigenvalue weighted by molar-refractivity contribution is 5.96. The summed E-state index contributed by atoms with van der Waals surface area (Å²) in [5.41, 5.74) is 6.56. The number of alkyl halides is 2. The highest BCUT2D eigenvalue weighted by atomic mass is 19.3. The van der Waals surface area contributed by atoms with Crippen LogP contribution in [0.4, 0.5) is 20.2 Å². The smallest absolute Gasteiger partial charge is 0.251 e. The molecule has 1 aromatic carbocycles. The maximum absolute atomic E-state index is 12.3. The highest BCUT2D eigenvalue weighted by Gasteiger charge is 2.21. The van der Waals surface area contributed by atoms with Crippen LogP contribution in [0.1, 0.15) is 6.92 Å². The number of carbonyl (C=O) groups excluding carboxylic acids is 1. The Kier molecular flexibility index (Phi) is 5.69. The first-order chi connectivity index (χ1) is 9.35. The molecular weight excluding hydrogens is 268 g/mol. The summed E-state index contributed by atoms with van der Waals surface area (Å²) in [6, 6.07) is 4.10. The average molecular weight is 287 g/mol. The van der Waals surface area contributed by atoms with Gasteiger partial charge in [0.2, 0.25) is 5.91 Å². The fourth-order valence-corrected chi connectivity index (χ4v) is 1.62. The molecule has 0 aliphatic heterocycles. The molecule has 1 unspecified atom stereocenters. The third kappa shape index (κ3) is 4.34. The van der Waals surface area contributed by atoms with Gasteiger partial charge >= 0.3 is 0 Å². The lowest BCUT2D eigenvalue weighted by Crippen LogP contribution is -2.41. The van der Waals surface area contributed by atoms with Crippen LogP contribution in [-0.2, 0) is 4.79 Å². The van der Waals surface area contributed by atoms with E-state index in [-0.39, 0.29) is 0 Å². The molecule has 7 heteroatoms. The van der Waals surface area contributed by atoms with Crippen molar-refractivity contribution in [2.75, 3.05) is 31.8 Å². The second kappa shape index (κ2) is 7.04. The molecule has 0 saturated carbocycles. The molecule has 0 heterocycles. The predicted molar refractivity (Wildman–Crippen MR) is 74.1 cm³/mol. The standard InChI is InChI=1S/C13H19F2N3O2/c1-8(18(2)7-12(14)15)13(19)17-10-5-4-9(16)6-11(10)20-3/h4-6,8,12H,7,16H2,1-3H3,(H,17,19). The van der Waals surface area contributed by atoms with Crippen LogP contribution in [0.2, 0.25) is 0 Å². The molecule has 20 heavy (non-hydrogen) atoms. The van der Waals surface area contributed by atoms with Crippen molar-refractivity contribution in [2.24, 2.45) is 0 Å². The first-order valence-corrected chi connectivity index (χ1v) is 6.08. The maximum Gasteiger partial charge on any atom is 0.251 e. The molecule has 0 aliphatic carbocycles. The van der Waals surface area contributed by atoms with Crippen LogP contribution in [0.5, 0.6) is 5.75 Å². The van der Waals surface area contributed by atoms with Crippen molar-refractivity contribution >= 4 is 17.3 Å². The van der Waals surface area contributed by atoms with Gasteiger partial charge in [-0.3, -0.25) is 9.69 Å². The Labute approximate surface area is 116 Å². The fraction of sp³-hybridized carbons (Fsp3) is 0.462. The van der Waals surface area contributed by atoms with E-state index in [1.807, 2.05) is 0 Å². The number of nitrogen functional groups attached to an aromatic ring is 1. The second-order valence-corrected chi connectivity index (χ2v) is 4.46. The number of methoxy groups -OCH3 is 1. The van der Waals surface area contributed by atoms with Crippen LogP contribution in [0.15, 0.2) is 18.2 Å². The number of halogens is 2. The summed E-state index contributed by atoms with van der Waals surface area (Å²) in [5, 5.41) is 2.64. The summed E-state index contributed by atoms with van der Waals surface area (Å²) >= 11 is 0. The van der Waals surface area contributed by atoms with E-state index < -0.39 is 24.9 Å². The number of nitrogens with zero attached hydrogens (tertiary/aromatic N) is 1. The third-order valence-electron chi connectivity index (χ3n) is 2.95. The van der Waals surface area contributed by atoms with Gasteiger partial charge in [0.25, 0.3) is 6.43 Å². The number of nitrogens with one attached hydrogen (secondary N) is 1. The number of carbonyl (C=O) groups is 1. The zero-order valence-electron chi connectivity index (χ0n) is 11.7. The van der Waals surface area contributed by atoms with Crippen molar-refractivity contribution in [3.05, 3.63) is 18.2 Å². The van der Waals surface area contributed by atoms with E-state index in [1.165, 1.54) is 19.1 Å². The van der Waals surface area contributed by atoms with E-state index in [9.17, 15) is 13.6 Å². The zero-order valence-corrected chi connectivity index (χ0v) is 11.7. The van der Waals surface area contributed by atoms with Crippen LogP contribution in [0, 0.1) is 0 Å². The van der Waals surface area contributed by atoms with Gasteiger partial charge in [0, 0.05) is 11.8 Å². The molecule has 0 bridgehead atoms. The fourth-order valence-electron chi connectivity index (χ4n) is 1.62. The molecule has 3 N–H and O–H groups in total. The Morgan fingerprint density at radius 3 is 2.70 bits per heavy atom. The van der Waals surface area contributed by atoms with E-state index >= 15 is 0 Å². The maximum atomic E-state index is 12.3. The number of amides is 1. The van der Waals surface area contributed by atoms with E-state index in [0.717, 1.165) is 0 Å². The number of anilines is 2. The second-order valence-electron chi connectivity index (χ2n) is 4.46. The topological polar surface area (TPSA) is 67.6 Å². The lowest BCUT2D eigenvalue weighted by Gasteiger charge is -2.23. The quantitative estimate of drug-likeness (QED) is 0.783. The molecule has 1 atom stereocenters. The Bertz CT molecular complexity index is 469. The summed E-state index contributed by atoms with van der Waals surface area (Å²) in [5.74, 6) is 0.0262. The molecule has 0 radical (unpaired) electrons. The number of hydrogen-bond donors (Lipinski definition) is 2.